The molecule has 18 heavy (non-hydrogen) atoms. The first-order valence-corrected chi connectivity index (χ1v) is 6.24. The number of rotatable bonds is 1. The summed E-state index contributed by atoms with van der Waals surface area (Å²) in [6.07, 6.45) is 1.42. The number of nitrogens with two attached hydrogens (primary N) is 1. The van der Waals surface area contributed by atoms with Gasteiger partial charge in [0.25, 0.3) is 0 Å². The minimum atomic E-state index is -0.488. The van der Waals surface area contributed by atoms with Crippen molar-refractivity contribution in [1.82, 2.24) is 0 Å². The minimum Gasteiger partial charge on any atom is -0.444 e. The van der Waals surface area contributed by atoms with E-state index >= 15 is 0 Å². The molecule has 1 aliphatic carbocycles. The normalized spacial score (nSPS) is 18.3. The lowest BCUT2D eigenvalue weighted by atomic mass is 10.1. The molecular formula is C14H20N2O2. The second-order valence-corrected chi connectivity index (χ2v) is 5.65. The maximum atomic E-state index is 11.7. The molecule has 0 aromatic heterocycles. The van der Waals surface area contributed by atoms with E-state index in [1.165, 1.54) is 0 Å². The van der Waals surface area contributed by atoms with Crippen LogP contribution in [0.25, 0.3) is 0 Å². The zero-order chi connectivity index (χ0) is 13.3. The van der Waals surface area contributed by atoms with Crippen molar-refractivity contribution < 1.29 is 9.53 Å². The Bertz CT molecular complexity index is 463. The molecule has 0 aliphatic heterocycles. The van der Waals surface area contributed by atoms with Gasteiger partial charge in [-0.25, -0.2) is 4.79 Å². The Labute approximate surface area is 108 Å². The van der Waals surface area contributed by atoms with Crippen LogP contribution >= 0.6 is 0 Å². The van der Waals surface area contributed by atoms with E-state index in [2.05, 4.69) is 5.32 Å². The van der Waals surface area contributed by atoms with Crippen molar-refractivity contribution in [2.24, 2.45) is 5.73 Å². The van der Waals surface area contributed by atoms with E-state index in [1.807, 2.05) is 39.0 Å². The fourth-order valence-electron chi connectivity index (χ4n) is 2.22. The summed E-state index contributed by atoms with van der Waals surface area (Å²) in [6.45, 7) is 5.54. The summed E-state index contributed by atoms with van der Waals surface area (Å²) in [5.74, 6) is 0. The molecule has 1 unspecified atom stereocenters. The predicted molar refractivity (Wildman–Crippen MR) is 71.5 cm³/mol. The van der Waals surface area contributed by atoms with Crippen molar-refractivity contribution in [2.45, 2.75) is 45.3 Å². The van der Waals surface area contributed by atoms with Gasteiger partial charge in [0.15, 0.2) is 0 Å². The molecule has 2 rings (SSSR count). The number of nitrogens with one attached hydrogen (secondary N) is 1. The van der Waals surface area contributed by atoms with E-state index in [0.717, 1.165) is 29.7 Å². The summed E-state index contributed by atoms with van der Waals surface area (Å²) in [5.41, 5.74) is 8.59. The lowest BCUT2D eigenvalue weighted by Gasteiger charge is -2.20. The molecule has 98 valence electrons. The van der Waals surface area contributed by atoms with Gasteiger partial charge in [-0.3, -0.25) is 5.32 Å². The molecule has 3 N–H and O–H groups in total. The molecule has 0 heterocycles. The van der Waals surface area contributed by atoms with Crippen LogP contribution in [0.4, 0.5) is 10.5 Å². The summed E-state index contributed by atoms with van der Waals surface area (Å²) in [7, 11) is 0. The number of carbonyl (C=O) groups is 1. The van der Waals surface area contributed by atoms with Crippen molar-refractivity contribution in [1.29, 1.82) is 0 Å². The molecular weight excluding hydrogens is 228 g/mol. The van der Waals surface area contributed by atoms with Crippen molar-refractivity contribution >= 4 is 11.8 Å². The van der Waals surface area contributed by atoms with Gasteiger partial charge in [-0.05, 0) is 50.8 Å². The Hall–Kier alpha value is -1.55. The number of ether oxygens (including phenoxy) is 1. The molecule has 0 fully saturated rings. The third-order valence-corrected chi connectivity index (χ3v) is 2.95. The Balaban J connectivity index is 2.14. The van der Waals surface area contributed by atoms with Gasteiger partial charge in [-0.2, -0.15) is 0 Å². The first-order chi connectivity index (χ1) is 8.37. The molecule has 1 aromatic rings. The first kappa shape index (κ1) is 12.9. The quantitative estimate of drug-likeness (QED) is 0.803. The van der Waals surface area contributed by atoms with Gasteiger partial charge >= 0.3 is 6.09 Å². The molecule has 0 saturated heterocycles. The maximum Gasteiger partial charge on any atom is 0.412 e. The molecule has 1 atom stereocenters. The molecule has 4 nitrogen and oxygen atoms in total. The van der Waals surface area contributed by atoms with Crippen LogP contribution < -0.4 is 11.1 Å². The van der Waals surface area contributed by atoms with Crippen molar-refractivity contribution in [3.63, 3.8) is 0 Å². The van der Waals surface area contributed by atoms with Crippen molar-refractivity contribution in [3.05, 3.63) is 29.3 Å². The Morgan fingerprint density at radius 3 is 2.83 bits per heavy atom. The summed E-state index contributed by atoms with van der Waals surface area (Å²) in [5, 5.41) is 2.80. The van der Waals surface area contributed by atoms with Gasteiger partial charge in [0.05, 0.1) is 0 Å². The SMILES string of the molecule is CC(C)(C)OC(=O)Nc1cccc2c1CCC2N. The fourth-order valence-corrected chi connectivity index (χ4v) is 2.22. The molecule has 0 spiro atoms. The topological polar surface area (TPSA) is 64.3 Å². The zero-order valence-corrected chi connectivity index (χ0v) is 11.1. The van der Waals surface area contributed by atoms with Crippen LogP contribution in [-0.2, 0) is 11.2 Å². The van der Waals surface area contributed by atoms with Gasteiger partial charge < -0.3 is 10.5 Å². The minimum absolute atomic E-state index is 0.0837. The van der Waals surface area contributed by atoms with E-state index in [0.29, 0.717) is 0 Å². The lowest BCUT2D eigenvalue weighted by molar-refractivity contribution is 0.0636. The number of carbonyl (C=O) groups excluding carboxylic acids is 1. The molecule has 0 bridgehead atoms. The van der Waals surface area contributed by atoms with Crippen LogP contribution in [-0.4, -0.2) is 11.7 Å². The average Bonchev–Trinajstić information content (AvgIpc) is 2.59. The summed E-state index contributed by atoms with van der Waals surface area (Å²) in [4.78, 5) is 11.7. The highest BCUT2D eigenvalue weighted by atomic mass is 16.6. The van der Waals surface area contributed by atoms with E-state index < -0.39 is 11.7 Å². The highest BCUT2D eigenvalue weighted by Crippen LogP contribution is 2.34. The summed E-state index contributed by atoms with van der Waals surface area (Å²) in [6, 6.07) is 5.91. The smallest absolute Gasteiger partial charge is 0.412 e. The van der Waals surface area contributed by atoms with Crippen LogP contribution in [0.1, 0.15) is 44.4 Å². The predicted octanol–water partition coefficient (Wildman–Crippen LogP) is 2.98. The Kier molecular flexibility index (Phi) is 3.30. The highest BCUT2D eigenvalue weighted by molar-refractivity contribution is 5.86. The van der Waals surface area contributed by atoms with Crippen LogP contribution in [0.15, 0.2) is 18.2 Å². The second-order valence-electron chi connectivity index (χ2n) is 5.65. The Morgan fingerprint density at radius 1 is 1.44 bits per heavy atom. The molecule has 0 radical (unpaired) electrons. The molecule has 0 saturated carbocycles. The largest absolute Gasteiger partial charge is 0.444 e. The third-order valence-electron chi connectivity index (χ3n) is 2.95. The van der Waals surface area contributed by atoms with Gasteiger partial charge in [-0.15, -0.1) is 0 Å². The summed E-state index contributed by atoms with van der Waals surface area (Å²) >= 11 is 0. The third kappa shape index (κ3) is 2.82. The van der Waals surface area contributed by atoms with E-state index in [9.17, 15) is 4.79 Å². The molecule has 1 aromatic carbocycles. The second kappa shape index (κ2) is 4.61. The van der Waals surface area contributed by atoms with Crippen LogP contribution in [0, 0.1) is 0 Å². The van der Waals surface area contributed by atoms with Crippen molar-refractivity contribution in [3.8, 4) is 0 Å². The molecule has 1 aliphatic rings. The van der Waals surface area contributed by atoms with Crippen LogP contribution in [0.3, 0.4) is 0 Å². The number of hydrogen-bond acceptors (Lipinski definition) is 3. The van der Waals surface area contributed by atoms with E-state index in [1.54, 1.807) is 0 Å². The standard InChI is InChI=1S/C14H20N2O2/c1-14(2,3)18-13(17)16-12-6-4-5-9-10(12)7-8-11(9)15/h4-6,11H,7-8,15H2,1-3H3,(H,16,17). The number of benzene rings is 1. The van der Waals surface area contributed by atoms with Gasteiger partial charge in [0, 0.05) is 11.7 Å². The van der Waals surface area contributed by atoms with Crippen LogP contribution in [0.2, 0.25) is 0 Å². The maximum absolute atomic E-state index is 11.7. The average molecular weight is 248 g/mol. The zero-order valence-electron chi connectivity index (χ0n) is 11.1. The van der Waals surface area contributed by atoms with E-state index in [4.69, 9.17) is 10.5 Å². The number of amides is 1. The molecule has 4 heteroatoms. The van der Waals surface area contributed by atoms with Crippen molar-refractivity contribution in [2.75, 3.05) is 5.32 Å². The number of fused-ring (bicyclic) bond motifs is 1. The van der Waals surface area contributed by atoms with E-state index in [-0.39, 0.29) is 6.04 Å². The molecule has 1 amide bonds. The highest BCUT2D eigenvalue weighted by Gasteiger charge is 2.23. The fraction of sp³-hybridized carbons (Fsp3) is 0.500. The lowest BCUT2D eigenvalue weighted by Crippen LogP contribution is -2.27. The van der Waals surface area contributed by atoms with Crippen LogP contribution in [0.5, 0.6) is 0 Å². The number of anilines is 1. The number of hydrogen-bond donors (Lipinski definition) is 2. The first-order valence-electron chi connectivity index (χ1n) is 6.24. The summed E-state index contributed by atoms with van der Waals surface area (Å²) < 4.78 is 5.25. The van der Waals surface area contributed by atoms with Gasteiger partial charge in [-0.1, -0.05) is 12.1 Å². The van der Waals surface area contributed by atoms with Gasteiger partial charge in [0.1, 0.15) is 5.60 Å². The van der Waals surface area contributed by atoms with Gasteiger partial charge in [0.2, 0.25) is 0 Å². The Morgan fingerprint density at radius 2 is 2.17 bits per heavy atom. The monoisotopic (exact) mass is 248 g/mol.